The molecule has 1 aliphatic rings. The molecule has 0 bridgehead atoms. The van der Waals surface area contributed by atoms with Crippen molar-refractivity contribution in [1.82, 2.24) is 14.2 Å². The molecule has 1 saturated heterocycles. The molecule has 13 nitrogen and oxygen atoms in total. The van der Waals surface area contributed by atoms with Crippen LogP contribution in [0.1, 0.15) is 5.56 Å². The standard InChI is InChI=1S/C25H29N5O8S/c1-28(2)24(31)16-38-25(32)22(13-17-15-26-20-6-4-3-5-19(17)20)27-21-8-7-18(14-23(21)30(33)34)39(35,36)29-9-11-37-12-10-29/h3-8,14-15,22,26-27H,9-13,16H2,1-2H3. The molecular formula is C25H29N5O8S. The van der Waals surface area contributed by atoms with Crippen molar-refractivity contribution in [2.75, 3.05) is 52.3 Å². The molecule has 1 aromatic heterocycles. The number of benzene rings is 2. The van der Waals surface area contributed by atoms with E-state index in [1.165, 1.54) is 35.4 Å². The number of fused-ring (bicyclic) bond motifs is 1. The third-order valence-electron chi connectivity index (χ3n) is 6.32. The van der Waals surface area contributed by atoms with Crippen molar-refractivity contribution in [2.24, 2.45) is 0 Å². The van der Waals surface area contributed by atoms with Gasteiger partial charge in [0.2, 0.25) is 10.0 Å². The molecule has 1 unspecified atom stereocenters. The number of carbonyl (C=O) groups excluding carboxylic acids is 2. The number of carbonyl (C=O) groups is 2. The third kappa shape index (κ3) is 6.35. The number of nitrogens with one attached hydrogen (secondary N) is 2. The van der Waals surface area contributed by atoms with Crippen molar-refractivity contribution in [3.05, 3.63) is 64.3 Å². The first-order valence-corrected chi connectivity index (χ1v) is 13.6. The van der Waals surface area contributed by atoms with E-state index in [2.05, 4.69) is 10.3 Å². The SMILES string of the molecule is CN(C)C(=O)COC(=O)C(Cc1c[nH]c2ccccc12)Nc1ccc(S(=O)(=O)N2CCOCC2)cc1[N+](=O)[O-]. The van der Waals surface area contributed by atoms with E-state index in [-0.39, 0.29) is 43.3 Å². The van der Waals surface area contributed by atoms with Gasteiger partial charge in [0, 0.05) is 56.8 Å². The Hall–Kier alpha value is -4.01. The van der Waals surface area contributed by atoms with Gasteiger partial charge < -0.3 is 24.7 Å². The number of nitro benzene ring substituents is 1. The fourth-order valence-electron chi connectivity index (χ4n) is 4.15. The molecule has 2 heterocycles. The lowest BCUT2D eigenvalue weighted by Gasteiger charge is -2.26. The predicted octanol–water partition coefficient (Wildman–Crippen LogP) is 1.75. The van der Waals surface area contributed by atoms with E-state index < -0.39 is 45.2 Å². The van der Waals surface area contributed by atoms with Crippen LogP contribution in [0.3, 0.4) is 0 Å². The molecule has 1 aliphatic heterocycles. The van der Waals surface area contributed by atoms with Crippen molar-refractivity contribution in [3.63, 3.8) is 0 Å². The summed E-state index contributed by atoms with van der Waals surface area (Å²) >= 11 is 0. The number of H-pyrrole nitrogens is 1. The lowest BCUT2D eigenvalue weighted by molar-refractivity contribution is -0.384. The molecule has 1 atom stereocenters. The maximum Gasteiger partial charge on any atom is 0.329 e. The van der Waals surface area contributed by atoms with Crippen LogP contribution in [0.4, 0.5) is 11.4 Å². The van der Waals surface area contributed by atoms with Gasteiger partial charge in [0.1, 0.15) is 11.7 Å². The number of ether oxygens (including phenoxy) is 2. The predicted molar refractivity (Wildman–Crippen MR) is 142 cm³/mol. The van der Waals surface area contributed by atoms with Gasteiger partial charge in [0.15, 0.2) is 6.61 Å². The lowest BCUT2D eigenvalue weighted by Crippen LogP contribution is -2.40. The summed E-state index contributed by atoms with van der Waals surface area (Å²) in [6, 6.07) is 9.79. The summed E-state index contributed by atoms with van der Waals surface area (Å²) in [4.78, 5) is 40.5. The Morgan fingerprint density at radius 2 is 1.92 bits per heavy atom. The number of rotatable bonds is 10. The highest BCUT2D eigenvalue weighted by Crippen LogP contribution is 2.31. The van der Waals surface area contributed by atoms with Crippen LogP contribution in [-0.4, -0.2) is 92.5 Å². The van der Waals surface area contributed by atoms with E-state index >= 15 is 0 Å². The van der Waals surface area contributed by atoms with Crippen LogP contribution >= 0.6 is 0 Å². The number of aromatic amines is 1. The molecule has 0 saturated carbocycles. The van der Waals surface area contributed by atoms with Gasteiger partial charge >= 0.3 is 5.97 Å². The fraction of sp³-hybridized carbons (Fsp3) is 0.360. The highest BCUT2D eigenvalue weighted by atomic mass is 32.2. The van der Waals surface area contributed by atoms with E-state index in [4.69, 9.17) is 9.47 Å². The van der Waals surface area contributed by atoms with Gasteiger partial charge in [-0.3, -0.25) is 14.9 Å². The Morgan fingerprint density at radius 1 is 1.21 bits per heavy atom. The van der Waals surface area contributed by atoms with Crippen LogP contribution in [0.2, 0.25) is 0 Å². The van der Waals surface area contributed by atoms with Gasteiger partial charge in [0.25, 0.3) is 11.6 Å². The normalized spacial score (nSPS) is 15.0. The number of aromatic nitrogens is 1. The third-order valence-corrected chi connectivity index (χ3v) is 8.22. The average molecular weight is 560 g/mol. The van der Waals surface area contributed by atoms with Crippen molar-refractivity contribution < 1.29 is 32.4 Å². The summed E-state index contributed by atoms with van der Waals surface area (Å²) in [6.45, 7) is 0.237. The number of anilines is 1. The Labute approximate surface area is 224 Å². The van der Waals surface area contributed by atoms with E-state index in [0.717, 1.165) is 22.5 Å². The topological polar surface area (TPSA) is 164 Å². The Balaban J connectivity index is 1.65. The molecule has 1 amide bonds. The molecule has 2 aromatic carbocycles. The first kappa shape index (κ1) is 28.0. The Morgan fingerprint density at radius 3 is 2.62 bits per heavy atom. The van der Waals surface area contributed by atoms with Crippen LogP contribution in [-0.2, 0) is 35.5 Å². The van der Waals surface area contributed by atoms with Crippen LogP contribution in [0.5, 0.6) is 0 Å². The molecule has 14 heteroatoms. The number of esters is 1. The summed E-state index contributed by atoms with van der Waals surface area (Å²) in [5.41, 5.74) is 0.992. The molecule has 4 rings (SSSR count). The van der Waals surface area contributed by atoms with E-state index in [1.807, 2.05) is 24.3 Å². The fourth-order valence-corrected chi connectivity index (χ4v) is 5.57. The summed E-state index contributed by atoms with van der Waals surface area (Å²) < 4.78 is 37.8. The summed E-state index contributed by atoms with van der Waals surface area (Å²) in [5.74, 6) is -1.23. The van der Waals surface area contributed by atoms with Gasteiger partial charge in [-0.15, -0.1) is 0 Å². The molecule has 2 N–H and O–H groups in total. The molecule has 39 heavy (non-hydrogen) atoms. The zero-order valence-corrected chi connectivity index (χ0v) is 22.3. The summed E-state index contributed by atoms with van der Waals surface area (Å²) in [5, 5.41) is 15.7. The summed E-state index contributed by atoms with van der Waals surface area (Å²) in [7, 11) is -0.945. The number of sulfonamides is 1. The molecule has 0 spiro atoms. The molecular weight excluding hydrogens is 530 g/mol. The largest absolute Gasteiger partial charge is 0.454 e. The smallest absolute Gasteiger partial charge is 0.329 e. The number of nitro groups is 1. The van der Waals surface area contributed by atoms with Gasteiger partial charge in [-0.25, -0.2) is 13.2 Å². The highest BCUT2D eigenvalue weighted by molar-refractivity contribution is 7.89. The molecule has 1 fully saturated rings. The number of hydrogen-bond donors (Lipinski definition) is 2. The lowest BCUT2D eigenvalue weighted by atomic mass is 10.0. The maximum absolute atomic E-state index is 13.1. The quantitative estimate of drug-likeness (QED) is 0.214. The number of nitrogens with zero attached hydrogens (tertiary/aromatic N) is 3. The Bertz CT molecular complexity index is 1480. The zero-order chi connectivity index (χ0) is 28.2. The first-order valence-electron chi connectivity index (χ1n) is 12.1. The zero-order valence-electron chi connectivity index (χ0n) is 21.5. The molecule has 0 aliphatic carbocycles. The van der Waals surface area contributed by atoms with E-state index in [9.17, 15) is 28.1 Å². The van der Waals surface area contributed by atoms with Crippen LogP contribution in [0.25, 0.3) is 10.9 Å². The number of likely N-dealkylation sites (N-methyl/N-ethyl adjacent to an activating group) is 1. The second-order valence-electron chi connectivity index (χ2n) is 9.11. The minimum absolute atomic E-state index is 0.0679. The van der Waals surface area contributed by atoms with E-state index in [1.54, 1.807) is 6.20 Å². The minimum atomic E-state index is -3.99. The highest BCUT2D eigenvalue weighted by Gasteiger charge is 2.31. The van der Waals surface area contributed by atoms with Crippen LogP contribution < -0.4 is 5.32 Å². The van der Waals surface area contributed by atoms with Crippen molar-refractivity contribution in [1.29, 1.82) is 0 Å². The number of morpholine rings is 1. The van der Waals surface area contributed by atoms with Crippen LogP contribution in [0, 0.1) is 10.1 Å². The van der Waals surface area contributed by atoms with Gasteiger partial charge in [-0.05, 0) is 23.8 Å². The van der Waals surface area contributed by atoms with Crippen molar-refractivity contribution >= 4 is 44.2 Å². The van der Waals surface area contributed by atoms with Crippen molar-refractivity contribution in [2.45, 2.75) is 17.4 Å². The van der Waals surface area contributed by atoms with Gasteiger partial charge in [-0.2, -0.15) is 4.31 Å². The molecule has 0 radical (unpaired) electrons. The second kappa shape index (κ2) is 11.8. The van der Waals surface area contributed by atoms with Crippen molar-refractivity contribution in [3.8, 4) is 0 Å². The Kier molecular flexibility index (Phi) is 8.47. The van der Waals surface area contributed by atoms with Crippen LogP contribution in [0.15, 0.2) is 53.6 Å². The molecule has 3 aromatic rings. The molecule has 208 valence electrons. The van der Waals surface area contributed by atoms with E-state index in [0.29, 0.717) is 0 Å². The van der Waals surface area contributed by atoms with Gasteiger partial charge in [0.05, 0.1) is 23.0 Å². The second-order valence-corrected chi connectivity index (χ2v) is 11.0. The number of para-hydroxylation sites is 1. The summed E-state index contributed by atoms with van der Waals surface area (Å²) in [6.07, 6.45) is 1.80. The first-order chi connectivity index (χ1) is 18.6. The maximum atomic E-state index is 13.1. The monoisotopic (exact) mass is 559 g/mol. The van der Waals surface area contributed by atoms with Gasteiger partial charge in [-0.1, -0.05) is 18.2 Å². The number of amides is 1. The average Bonchev–Trinajstić information content (AvgIpc) is 3.34. The number of hydrogen-bond acceptors (Lipinski definition) is 9. The minimum Gasteiger partial charge on any atom is -0.454 e.